The Kier molecular flexibility index (Phi) is 6.48. The van der Waals surface area contributed by atoms with E-state index >= 15 is 0 Å². The molecule has 0 fully saturated rings. The fraction of sp³-hybridized carbons (Fsp3) is 0.600. The monoisotopic (exact) mass is 313 g/mol. The summed E-state index contributed by atoms with van der Waals surface area (Å²) >= 11 is 0. The smallest absolute Gasteiger partial charge is 0.161 e. The van der Waals surface area contributed by atoms with E-state index < -0.39 is 10.8 Å². The highest BCUT2D eigenvalue weighted by atomic mass is 32.2. The Morgan fingerprint density at radius 3 is 2.81 bits per heavy atom. The van der Waals surface area contributed by atoms with E-state index in [2.05, 4.69) is 5.32 Å². The number of methoxy groups -OCH3 is 1. The molecular weight excluding hydrogens is 290 g/mol. The second-order valence-corrected chi connectivity index (χ2v) is 6.52. The van der Waals surface area contributed by atoms with Gasteiger partial charge in [0, 0.05) is 42.1 Å². The van der Waals surface area contributed by atoms with Crippen molar-refractivity contribution in [2.24, 2.45) is 0 Å². The number of hydrogen-bond acceptors (Lipinski definition) is 5. The maximum atomic E-state index is 12.1. The first-order valence-corrected chi connectivity index (χ1v) is 8.64. The van der Waals surface area contributed by atoms with Crippen molar-refractivity contribution < 1.29 is 18.4 Å². The SMILES string of the molecule is CNC(CS(=O)CCCOC)c1ccc2c(c1)OCCO2. The minimum Gasteiger partial charge on any atom is -0.486 e. The molecule has 0 saturated heterocycles. The van der Waals surface area contributed by atoms with Gasteiger partial charge in [0.25, 0.3) is 0 Å². The number of nitrogens with one attached hydrogen (secondary N) is 1. The van der Waals surface area contributed by atoms with Crippen molar-refractivity contribution in [3.8, 4) is 11.5 Å². The van der Waals surface area contributed by atoms with Crippen LogP contribution in [0.4, 0.5) is 0 Å². The molecule has 1 heterocycles. The second kappa shape index (κ2) is 8.36. The molecule has 118 valence electrons. The third-order valence-corrected chi connectivity index (χ3v) is 4.84. The Balaban J connectivity index is 1.98. The lowest BCUT2D eigenvalue weighted by Crippen LogP contribution is -2.24. The molecule has 0 aliphatic carbocycles. The first-order valence-electron chi connectivity index (χ1n) is 7.15. The van der Waals surface area contributed by atoms with Crippen LogP contribution in [0.1, 0.15) is 18.0 Å². The molecule has 0 radical (unpaired) electrons. The Morgan fingerprint density at radius 2 is 2.10 bits per heavy atom. The van der Waals surface area contributed by atoms with E-state index in [1.807, 2.05) is 25.2 Å². The summed E-state index contributed by atoms with van der Waals surface area (Å²) in [5.74, 6) is 2.79. The highest BCUT2D eigenvalue weighted by Gasteiger charge is 2.17. The van der Waals surface area contributed by atoms with E-state index in [0.29, 0.717) is 31.3 Å². The standard InChI is InChI=1S/C15H23NO4S/c1-16-13(11-21(17)9-3-6-18-2)12-4-5-14-15(10-12)20-8-7-19-14/h4-5,10,13,16H,3,6-9,11H2,1-2H3. The average Bonchev–Trinajstić information content (AvgIpc) is 2.52. The molecule has 0 bridgehead atoms. The van der Waals surface area contributed by atoms with Crippen molar-refractivity contribution in [3.05, 3.63) is 23.8 Å². The molecule has 1 N–H and O–H groups in total. The second-order valence-electron chi connectivity index (χ2n) is 4.90. The lowest BCUT2D eigenvalue weighted by molar-refractivity contribution is 0.171. The first kappa shape index (κ1) is 16.3. The van der Waals surface area contributed by atoms with Gasteiger partial charge in [-0.05, 0) is 31.2 Å². The molecule has 0 aromatic heterocycles. The van der Waals surface area contributed by atoms with E-state index in [4.69, 9.17) is 14.2 Å². The zero-order chi connectivity index (χ0) is 15.1. The van der Waals surface area contributed by atoms with Crippen LogP contribution in [0.5, 0.6) is 11.5 Å². The molecule has 21 heavy (non-hydrogen) atoms. The van der Waals surface area contributed by atoms with Gasteiger partial charge in [0.15, 0.2) is 11.5 Å². The first-order chi connectivity index (χ1) is 10.2. The Bertz CT molecular complexity index is 481. The maximum absolute atomic E-state index is 12.1. The van der Waals surface area contributed by atoms with Gasteiger partial charge in [-0.25, -0.2) is 0 Å². The van der Waals surface area contributed by atoms with Crippen LogP contribution in [-0.2, 0) is 15.5 Å². The minimum absolute atomic E-state index is 0.0456. The van der Waals surface area contributed by atoms with Crippen LogP contribution in [0.2, 0.25) is 0 Å². The van der Waals surface area contributed by atoms with Gasteiger partial charge in [-0.2, -0.15) is 0 Å². The average molecular weight is 313 g/mol. The van der Waals surface area contributed by atoms with Crippen LogP contribution < -0.4 is 14.8 Å². The summed E-state index contributed by atoms with van der Waals surface area (Å²) in [7, 11) is 2.68. The van der Waals surface area contributed by atoms with E-state index in [1.165, 1.54) is 0 Å². The number of ether oxygens (including phenoxy) is 3. The summed E-state index contributed by atoms with van der Waals surface area (Å²) < 4.78 is 28.2. The van der Waals surface area contributed by atoms with Crippen LogP contribution in [0.3, 0.4) is 0 Å². The van der Waals surface area contributed by atoms with Crippen molar-refractivity contribution in [2.75, 3.05) is 45.5 Å². The number of rotatable bonds is 8. The van der Waals surface area contributed by atoms with E-state index in [-0.39, 0.29) is 6.04 Å². The summed E-state index contributed by atoms with van der Waals surface area (Å²) in [5.41, 5.74) is 1.07. The van der Waals surface area contributed by atoms with Gasteiger partial charge in [0.1, 0.15) is 13.2 Å². The molecule has 6 heteroatoms. The normalized spacial score (nSPS) is 16.5. The van der Waals surface area contributed by atoms with Gasteiger partial charge >= 0.3 is 0 Å². The van der Waals surface area contributed by atoms with Crippen molar-refractivity contribution in [1.29, 1.82) is 0 Å². The fourth-order valence-corrected chi connectivity index (χ4v) is 3.59. The van der Waals surface area contributed by atoms with Gasteiger partial charge in [-0.15, -0.1) is 0 Å². The van der Waals surface area contributed by atoms with Crippen LogP contribution in [0.25, 0.3) is 0 Å². The molecule has 0 amide bonds. The zero-order valence-corrected chi connectivity index (χ0v) is 13.4. The number of benzene rings is 1. The van der Waals surface area contributed by atoms with E-state index in [1.54, 1.807) is 7.11 Å². The Morgan fingerprint density at radius 1 is 1.33 bits per heavy atom. The third-order valence-electron chi connectivity index (χ3n) is 3.39. The van der Waals surface area contributed by atoms with Crippen LogP contribution >= 0.6 is 0 Å². The summed E-state index contributed by atoms with van der Waals surface area (Å²) in [6, 6.07) is 5.94. The van der Waals surface area contributed by atoms with Crippen LogP contribution in [-0.4, -0.2) is 49.7 Å². The van der Waals surface area contributed by atoms with Crippen molar-refractivity contribution in [1.82, 2.24) is 5.32 Å². The van der Waals surface area contributed by atoms with Gasteiger partial charge in [0.2, 0.25) is 0 Å². The zero-order valence-electron chi connectivity index (χ0n) is 12.6. The quantitative estimate of drug-likeness (QED) is 0.737. The van der Waals surface area contributed by atoms with Crippen molar-refractivity contribution in [2.45, 2.75) is 12.5 Å². The molecule has 0 spiro atoms. The third kappa shape index (κ3) is 4.69. The molecule has 1 aromatic rings. The summed E-state index contributed by atoms with van der Waals surface area (Å²) in [4.78, 5) is 0. The predicted molar refractivity (Wildman–Crippen MR) is 83.6 cm³/mol. The Labute approximate surface area is 128 Å². The molecule has 5 nitrogen and oxygen atoms in total. The largest absolute Gasteiger partial charge is 0.486 e. The number of fused-ring (bicyclic) bond motifs is 1. The molecular formula is C15H23NO4S. The van der Waals surface area contributed by atoms with Crippen LogP contribution in [0.15, 0.2) is 18.2 Å². The Hall–Kier alpha value is -1.11. The highest BCUT2D eigenvalue weighted by molar-refractivity contribution is 7.85. The fourth-order valence-electron chi connectivity index (χ4n) is 2.26. The lowest BCUT2D eigenvalue weighted by atomic mass is 10.1. The molecule has 2 rings (SSSR count). The molecule has 1 aromatic carbocycles. The topological polar surface area (TPSA) is 56.8 Å². The highest BCUT2D eigenvalue weighted by Crippen LogP contribution is 2.32. The molecule has 1 aliphatic heterocycles. The van der Waals surface area contributed by atoms with Crippen LogP contribution in [0, 0.1) is 0 Å². The minimum atomic E-state index is -0.868. The predicted octanol–water partition coefficient (Wildman–Crippen LogP) is 1.50. The molecule has 2 unspecified atom stereocenters. The van der Waals surface area contributed by atoms with Gasteiger partial charge in [-0.3, -0.25) is 4.21 Å². The van der Waals surface area contributed by atoms with Gasteiger partial charge < -0.3 is 19.5 Å². The maximum Gasteiger partial charge on any atom is 0.161 e. The summed E-state index contributed by atoms with van der Waals surface area (Å²) in [6.07, 6.45) is 0.820. The van der Waals surface area contributed by atoms with Gasteiger partial charge in [0.05, 0.1) is 0 Å². The molecule has 0 saturated carbocycles. The van der Waals surface area contributed by atoms with E-state index in [9.17, 15) is 4.21 Å². The number of hydrogen-bond donors (Lipinski definition) is 1. The van der Waals surface area contributed by atoms with Gasteiger partial charge in [-0.1, -0.05) is 6.07 Å². The summed E-state index contributed by atoms with van der Waals surface area (Å²) in [5, 5.41) is 3.23. The van der Waals surface area contributed by atoms with Crippen molar-refractivity contribution in [3.63, 3.8) is 0 Å². The van der Waals surface area contributed by atoms with Crippen molar-refractivity contribution >= 4 is 10.8 Å². The molecule has 1 aliphatic rings. The summed E-state index contributed by atoms with van der Waals surface area (Å²) in [6.45, 7) is 1.81. The lowest BCUT2D eigenvalue weighted by Gasteiger charge is -2.22. The van der Waals surface area contributed by atoms with E-state index in [0.717, 1.165) is 23.5 Å². The molecule has 2 atom stereocenters.